The van der Waals surface area contributed by atoms with Gasteiger partial charge in [0.2, 0.25) is 41.4 Å². The van der Waals surface area contributed by atoms with E-state index in [1.807, 2.05) is 48.5 Å². The van der Waals surface area contributed by atoms with Crippen molar-refractivity contribution in [3.05, 3.63) is 108 Å². The van der Waals surface area contributed by atoms with E-state index in [0.717, 1.165) is 57.1 Å². The highest BCUT2D eigenvalue weighted by atomic mass is 16.5. The highest BCUT2D eigenvalue weighted by molar-refractivity contribution is 6.00. The van der Waals surface area contributed by atoms with Crippen molar-refractivity contribution in [2.24, 2.45) is 5.73 Å². The van der Waals surface area contributed by atoms with Crippen LogP contribution in [0.15, 0.2) is 97.1 Å². The number of hydrogen-bond donors (Lipinski definition) is 12. The van der Waals surface area contributed by atoms with Gasteiger partial charge in [0.25, 0.3) is 5.91 Å². The Labute approximate surface area is 481 Å². The number of fused-ring (bicyclic) bond motifs is 2. The number of rotatable bonds is 17. The lowest BCUT2D eigenvalue weighted by atomic mass is 9.99. The van der Waals surface area contributed by atoms with Crippen LogP contribution in [0.5, 0.6) is 11.5 Å². The molecule has 3 aliphatic rings. The fourth-order valence-corrected chi connectivity index (χ4v) is 10.4. The average Bonchev–Trinajstić information content (AvgIpc) is 4.08. The number of aliphatic hydroxyl groups is 4. The molecule has 446 valence electrons. The number of hydrogen-bond acceptors (Lipinski definition) is 15. The van der Waals surface area contributed by atoms with Gasteiger partial charge in [-0.15, -0.1) is 0 Å². The third kappa shape index (κ3) is 16.6. The van der Waals surface area contributed by atoms with Crippen LogP contribution in [0.1, 0.15) is 88.1 Å². The SMILES string of the molecule is CCCCCOc1ccc(-c2ccc(-c3ccc(C(=O)N[C@H]4CCCNC(=O)C5C[C@H](NC(=O)[C@@H](N)CO)CN5C(=O)C(C(C)O)NC(=O)C(CCc5ccc(O)cc5)NC(=O)C5C[C@@H](O)CN5C(=O)C(C(C)O)NC4=O)cc3)cc2)cc1. The van der Waals surface area contributed by atoms with Crippen LogP contribution in [0.2, 0.25) is 0 Å². The molecule has 0 radical (unpaired) electrons. The second kappa shape index (κ2) is 29.3. The number of ether oxygens (including phenoxy) is 1. The quantitative estimate of drug-likeness (QED) is 0.0642. The van der Waals surface area contributed by atoms with E-state index in [-0.39, 0.29) is 62.9 Å². The van der Waals surface area contributed by atoms with Gasteiger partial charge in [-0.1, -0.05) is 80.4 Å². The number of unbranched alkanes of at least 4 members (excludes halogenated alkanes) is 2. The minimum Gasteiger partial charge on any atom is -0.508 e. The molecule has 0 aliphatic carbocycles. The Balaban J connectivity index is 1.14. The number of aromatic hydroxyl groups is 1. The number of benzene rings is 4. The molecule has 7 rings (SSSR count). The summed E-state index contributed by atoms with van der Waals surface area (Å²) in [7, 11) is 0. The van der Waals surface area contributed by atoms with Crippen molar-refractivity contribution in [3.63, 3.8) is 0 Å². The number of amides is 8. The Bertz CT molecular complexity index is 2890. The smallest absolute Gasteiger partial charge is 0.251 e. The van der Waals surface area contributed by atoms with Crippen LogP contribution in [0, 0.1) is 0 Å². The van der Waals surface area contributed by atoms with Crippen molar-refractivity contribution < 1.29 is 68.6 Å². The summed E-state index contributed by atoms with van der Waals surface area (Å²) >= 11 is 0. The molecule has 3 saturated heterocycles. The van der Waals surface area contributed by atoms with Crippen LogP contribution in [-0.2, 0) is 40.0 Å². The molecule has 0 spiro atoms. The van der Waals surface area contributed by atoms with Crippen molar-refractivity contribution in [2.75, 3.05) is 32.8 Å². The number of phenols is 1. The number of aliphatic hydroxyl groups excluding tert-OH is 4. The van der Waals surface area contributed by atoms with Crippen LogP contribution >= 0.6 is 0 Å². The average molecular weight is 1150 g/mol. The molecule has 0 aromatic heterocycles. The summed E-state index contributed by atoms with van der Waals surface area (Å²) in [5, 5.41) is 68.4. The molecule has 0 saturated carbocycles. The van der Waals surface area contributed by atoms with Crippen molar-refractivity contribution >= 4 is 47.3 Å². The number of nitrogens with two attached hydrogens (primary N) is 1. The van der Waals surface area contributed by atoms with Gasteiger partial charge in [0.15, 0.2) is 0 Å². The summed E-state index contributed by atoms with van der Waals surface area (Å²) in [5.41, 5.74) is 10.2. The Kier molecular flexibility index (Phi) is 22.1. The minimum atomic E-state index is -1.73. The first-order chi connectivity index (χ1) is 39.7. The van der Waals surface area contributed by atoms with E-state index >= 15 is 0 Å². The zero-order chi connectivity index (χ0) is 59.9. The van der Waals surface area contributed by atoms with E-state index in [4.69, 9.17) is 10.5 Å². The van der Waals surface area contributed by atoms with Crippen LogP contribution in [0.3, 0.4) is 0 Å². The van der Waals surface area contributed by atoms with E-state index in [9.17, 15) is 63.9 Å². The molecule has 7 unspecified atom stereocenters. The molecule has 3 aliphatic heterocycles. The predicted octanol–water partition coefficient (Wildman–Crippen LogP) is 0.520. The zero-order valence-corrected chi connectivity index (χ0v) is 46.9. The fraction of sp³-hybridized carbons (Fsp3) is 0.467. The number of nitrogens with one attached hydrogen (secondary N) is 6. The second-order valence-corrected chi connectivity index (χ2v) is 21.5. The van der Waals surface area contributed by atoms with Gasteiger partial charge in [0.05, 0.1) is 31.5 Å². The molecule has 4 aromatic carbocycles. The van der Waals surface area contributed by atoms with Crippen LogP contribution in [0.25, 0.3) is 22.3 Å². The number of phenolic OH excluding ortho intramolecular Hbond substituents is 1. The highest BCUT2D eigenvalue weighted by Gasteiger charge is 2.46. The standard InChI is InChI=1S/C60H77N9O14/c1-4-5-6-28-83-45-24-20-40(21-25-45)38-14-12-37(13-15-38)39-16-18-41(19-17-39)53(75)64-47-8-7-27-62-57(79)49-29-42(63-54(76)46(61)33-70)31-68(49)59(81)51(34(2)71)67-56(78)48(26-11-36-9-22-43(73)23-10-36)65-58(80)50-30-44(74)32-69(50)60(82)52(35(3)72)66-55(47)77/h9-10,12-25,34-35,42,44,46-52,70-74H,4-8,11,26-33,61H2,1-3H3,(H,62,79)(H,63,76)(H,64,75)(H,65,80)(H,66,77)(H,67,78)/t34?,35?,42-,44+,46-,47-,48?,49?,50?,51?,52?/m0/s1. The van der Waals surface area contributed by atoms with E-state index < -0.39 is 127 Å². The first-order valence-electron chi connectivity index (χ1n) is 28.3. The number of nitrogens with zero attached hydrogens (tertiary/aromatic N) is 2. The van der Waals surface area contributed by atoms with E-state index in [2.05, 4.69) is 38.8 Å². The van der Waals surface area contributed by atoms with Crippen LogP contribution in [-0.4, -0.2) is 182 Å². The minimum absolute atomic E-state index is 0.00787. The fourth-order valence-electron chi connectivity index (χ4n) is 10.4. The van der Waals surface area contributed by atoms with E-state index in [1.54, 1.807) is 36.4 Å². The Morgan fingerprint density at radius 1 is 0.699 bits per heavy atom. The van der Waals surface area contributed by atoms with Crippen molar-refractivity contribution in [2.45, 2.75) is 145 Å². The summed E-state index contributed by atoms with van der Waals surface area (Å²) in [5.74, 6) is -6.07. The maximum absolute atomic E-state index is 14.6. The Morgan fingerprint density at radius 3 is 1.83 bits per heavy atom. The molecule has 83 heavy (non-hydrogen) atoms. The van der Waals surface area contributed by atoms with Gasteiger partial charge in [-0.05, 0) is 117 Å². The molecule has 3 fully saturated rings. The summed E-state index contributed by atoms with van der Waals surface area (Å²) in [4.78, 5) is 115. The van der Waals surface area contributed by atoms with E-state index in [1.165, 1.54) is 26.0 Å². The lowest BCUT2D eigenvalue weighted by Crippen LogP contribution is -2.61. The summed E-state index contributed by atoms with van der Waals surface area (Å²) in [6.07, 6.45) is -1.87. The highest BCUT2D eigenvalue weighted by Crippen LogP contribution is 2.28. The van der Waals surface area contributed by atoms with Gasteiger partial charge < -0.3 is 77.7 Å². The number of carbonyl (C=O) groups is 8. The molecular weight excluding hydrogens is 1070 g/mol. The first-order valence-corrected chi connectivity index (χ1v) is 28.3. The van der Waals surface area contributed by atoms with Gasteiger partial charge in [0.1, 0.15) is 53.8 Å². The summed E-state index contributed by atoms with van der Waals surface area (Å²) < 4.78 is 5.86. The largest absolute Gasteiger partial charge is 0.508 e. The molecule has 13 N–H and O–H groups in total. The lowest BCUT2D eigenvalue weighted by Gasteiger charge is -2.32. The molecular formula is C60H77N9O14. The summed E-state index contributed by atoms with van der Waals surface area (Å²) in [6, 6.07) is 17.2. The van der Waals surface area contributed by atoms with Gasteiger partial charge >= 0.3 is 0 Å². The number of aryl methyl sites for hydroxylation is 1. The second-order valence-electron chi connectivity index (χ2n) is 21.5. The topological polar surface area (TPSA) is 352 Å². The monoisotopic (exact) mass is 1150 g/mol. The van der Waals surface area contributed by atoms with Crippen LogP contribution in [0.4, 0.5) is 0 Å². The van der Waals surface area contributed by atoms with Gasteiger partial charge in [-0.3, -0.25) is 38.4 Å². The first kappa shape index (κ1) is 62.6. The van der Waals surface area contributed by atoms with Crippen molar-refractivity contribution in [1.82, 2.24) is 41.7 Å². The maximum Gasteiger partial charge on any atom is 0.251 e. The predicted molar refractivity (Wildman–Crippen MR) is 305 cm³/mol. The molecule has 0 bridgehead atoms. The normalized spacial score (nSPS) is 24.1. The molecule has 8 amide bonds. The Hall–Kier alpha value is -7.96. The van der Waals surface area contributed by atoms with Crippen molar-refractivity contribution in [1.29, 1.82) is 0 Å². The third-order valence-electron chi connectivity index (χ3n) is 15.2. The van der Waals surface area contributed by atoms with E-state index in [0.29, 0.717) is 12.2 Å². The molecule has 23 nitrogen and oxygen atoms in total. The zero-order valence-electron chi connectivity index (χ0n) is 46.9. The molecule has 11 atom stereocenters. The third-order valence-corrected chi connectivity index (χ3v) is 15.2. The van der Waals surface area contributed by atoms with Gasteiger partial charge in [-0.2, -0.15) is 0 Å². The Morgan fingerprint density at radius 2 is 1.25 bits per heavy atom. The number of carbonyl (C=O) groups excluding carboxylic acids is 8. The van der Waals surface area contributed by atoms with Gasteiger partial charge in [0, 0.05) is 37.7 Å². The molecule has 3 heterocycles. The maximum atomic E-state index is 14.6. The molecule has 4 aromatic rings. The van der Waals surface area contributed by atoms with Crippen molar-refractivity contribution in [3.8, 4) is 33.8 Å². The summed E-state index contributed by atoms with van der Waals surface area (Å²) in [6.45, 7) is 3.72. The van der Waals surface area contributed by atoms with Crippen LogP contribution < -0.4 is 42.4 Å². The lowest BCUT2D eigenvalue weighted by molar-refractivity contribution is -0.145. The molecule has 23 heteroatoms. The van der Waals surface area contributed by atoms with Gasteiger partial charge in [-0.25, -0.2) is 0 Å².